The van der Waals surface area contributed by atoms with Crippen molar-refractivity contribution in [3.8, 4) is 5.75 Å². The summed E-state index contributed by atoms with van der Waals surface area (Å²) < 4.78 is 10.8. The highest BCUT2D eigenvalue weighted by Crippen LogP contribution is 2.25. The van der Waals surface area contributed by atoms with E-state index < -0.39 is 6.10 Å². The van der Waals surface area contributed by atoms with Gasteiger partial charge >= 0.3 is 0 Å². The van der Waals surface area contributed by atoms with Crippen LogP contribution in [0.5, 0.6) is 5.75 Å². The number of aromatic nitrogens is 2. The normalized spacial score (nSPS) is 13.9. The number of nitrogens with zero attached hydrogens (tertiary/aromatic N) is 2. The highest BCUT2D eigenvalue weighted by molar-refractivity contribution is 7.99. The molecule has 1 aromatic carbocycles. The molecule has 0 aliphatic carbocycles. The van der Waals surface area contributed by atoms with Crippen molar-refractivity contribution in [1.82, 2.24) is 10.1 Å². The summed E-state index contributed by atoms with van der Waals surface area (Å²) in [7, 11) is 0. The summed E-state index contributed by atoms with van der Waals surface area (Å²) in [6.07, 6.45) is -0.518. The van der Waals surface area contributed by atoms with Gasteiger partial charge in [0.1, 0.15) is 5.75 Å². The van der Waals surface area contributed by atoms with Gasteiger partial charge in [0.05, 0.1) is 11.4 Å². The predicted octanol–water partition coefficient (Wildman–Crippen LogP) is 3.52. The fourth-order valence-corrected chi connectivity index (χ4v) is 2.57. The summed E-state index contributed by atoms with van der Waals surface area (Å²) >= 11 is 1.76. The summed E-state index contributed by atoms with van der Waals surface area (Å²) in [6, 6.07) is 7.33. The van der Waals surface area contributed by atoms with Crippen molar-refractivity contribution in [2.45, 2.75) is 38.7 Å². The fourth-order valence-electron chi connectivity index (χ4n) is 1.83. The van der Waals surface area contributed by atoms with E-state index in [4.69, 9.17) is 9.26 Å². The van der Waals surface area contributed by atoms with Crippen molar-refractivity contribution >= 4 is 11.8 Å². The third-order valence-corrected chi connectivity index (χ3v) is 4.01. The zero-order valence-electron chi connectivity index (χ0n) is 12.4. The molecule has 2 rings (SSSR count). The van der Waals surface area contributed by atoms with Crippen LogP contribution in [0.15, 0.2) is 28.8 Å². The first-order chi connectivity index (χ1) is 10.1. The minimum Gasteiger partial charge on any atom is -0.484 e. The SMILES string of the molecule is CCSC(C)c1noc(COc2cccc(C(C)O)c2)n1. The van der Waals surface area contributed by atoms with Crippen LogP contribution in [0, 0.1) is 0 Å². The van der Waals surface area contributed by atoms with Gasteiger partial charge < -0.3 is 14.4 Å². The van der Waals surface area contributed by atoms with E-state index in [9.17, 15) is 5.11 Å². The van der Waals surface area contributed by atoms with Gasteiger partial charge in [0.2, 0.25) is 0 Å². The molecule has 5 nitrogen and oxygen atoms in total. The first kappa shape index (κ1) is 15.9. The topological polar surface area (TPSA) is 68.4 Å². The van der Waals surface area contributed by atoms with Crippen LogP contribution in [0.2, 0.25) is 0 Å². The molecule has 2 aromatic rings. The summed E-state index contributed by atoms with van der Waals surface area (Å²) in [5, 5.41) is 13.7. The molecule has 1 N–H and O–H groups in total. The average molecular weight is 308 g/mol. The van der Waals surface area contributed by atoms with Crippen molar-refractivity contribution in [3.63, 3.8) is 0 Å². The zero-order chi connectivity index (χ0) is 15.2. The molecule has 2 unspecified atom stereocenters. The van der Waals surface area contributed by atoms with Crippen molar-refractivity contribution < 1.29 is 14.4 Å². The van der Waals surface area contributed by atoms with Gasteiger partial charge in [-0.15, -0.1) is 0 Å². The number of ether oxygens (including phenoxy) is 1. The quantitative estimate of drug-likeness (QED) is 0.844. The number of rotatable bonds is 7. The summed E-state index contributed by atoms with van der Waals surface area (Å²) in [6.45, 7) is 6.09. The van der Waals surface area contributed by atoms with E-state index in [1.54, 1.807) is 24.8 Å². The highest BCUT2D eigenvalue weighted by Gasteiger charge is 2.14. The molecule has 21 heavy (non-hydrogen) atoms. The van der Waals surface area contributed by atoms with Crippen molar-refractivity contribution in [2.24, 2.45) is 0 Å². The van der Waals surface area contributed by atoms with Gasteiger partial charge in [-0.2, -0.15) is 16.7 Å². The lowest BCUT2D eigenvalue weighted by molar-refractivity contribution is 0.197. The maximum Gasteiger partial charge on any atom is 0.264 e. The van der Waals surface area contributed by atoms with Crippen molar-refractivity contribution in [2.75, 3.05) is 5.75 Å². The molecule has 114 valence electrons. The molecule has 0 aliphatic heterocycles. The van der Waals surface area contributed by atoms with Crippen LogP contribution in [0.25, 0.3) is 0 Å². The monoisotopic (exact) mass is 308 g/mol. The molecule has 6 heteroatoms. The Hall–Kier alpha value is -1.53. The number of benzene rings is 1. The third kappa shape index (κ3) is 4.47. The number of hydrogen-bond acceptors (Lipinski definition) is 6. The minimum atomic E-state index is -0.518. The lowest BCUT2D eigenvalue weighted by atomic mass is 10.1. The number of thioether (sulfide) groups is 1. The molecular weight excluding hydrogens is 288 g/mol. The average Bonchev–Trinajstić information content (AvgIpc) is 2.95. The number of hydrogen-bond donors (Lipinski definition) is 1. The van der Waals surface area contributed by atoms with E-state index in [0.29, 0.717) is 17.5 Å². The van der Waals surface area contributed by atoms with E-state index in [2.05, 4.69) is 24.0 Å². The van der Waals surface area contributed by atoms with Crippen molar-refractivity contribution in [3.05, 3.63) is 41.5 Å². The Kier molecular flexibility index (Phi) is 5.64. The van der Waals surface area contributed by atoms with Crippen molar-refractivity contribution in [1.29, 1.82) is 0 Å². The maximum atomic E-state index is 9.55. The van der Waals surface area contributed by atoms with Gasteiger partial charge in [-0.1, -0.05) is 24.2 Å². The molecule has 1 aromatic heterocycles. The van der Waals surface area contributed by atoms with Crippen LogP contribution >= 0.6 is 11.8 Å². The third-order valence-electron chi connectivity index (χ3n) is 2.97. The Morgan fingerprint density at radius 1 is 1.38 bits per heavy atom. The lowest BCUT2D eigenvalue weighted by Crippen LogP contribution is -1.98. The van der Waals surface area contributed by atoms with Gasteiger partial charge in [0.15, 0.2) is 12.4 Å². The molecule has 0 saturated heterocycles. The second kappa shape index (κ2) is 7.47. The zero-order valence-corrected chi connectivity index (χ0v) is 13.3. The highest BCUT2D eigenvalue weighted by atomic mass is 32.2. The van der Waals surface area contributed by atoms with Crippen LogP contribution in [0.1, 0.15) is 49.4 Å². The Morgan fingerprint density at radius 2 is 2.19 bits per heavy atom. The van der Waals surface area contributed by atoms with Gasteiger partial charge in [-0.05, 0) is 37.3 Å². The van der Waals surface area contributed by atoms with E-state index in [-0.39, 0.29) is 11.9 Å². The Labute approximate surface area is 128 Å². The van der Waals surface area contributed by atoms with Gasteiger partial charge in [0.25, 0.3) is 5.89 Å². The molecule has 0 bridgehead atoms. The predicted molar refractivity (Wildman–Crippen MR) is 82.3 cm³/mol. The van der Waals surface area contributed by atoms with E-state index in [1.807, 2.05) is 18.2 Å². The Bertz CT molecular complexity index is 572. The van der Waals surface area contributed by atoms with E-state index >= 15 is 0 Å². The van der Waals surface area contributed by atoms with Crippen LogP contribution in [0.3, 0.4) is 0 Å². The molecule has 0 aliphatic rings. The Morgan fingerprint density at radius 3 is 2.90 bits per heavy atom. The molecule has 0 saturated carbocycles. The smallest absolute Gasteiger partial charge is 0.264 e. The number of aliphatic hydroxyl groups excluding tert-OH is 1. The summed E-state index contributed by atoms with van der Waals surface area (Å²) in [5.41, 5.74) is 0.812. The molecule has 2 atom stereocenters. The maximum absolute atomic E-state index is 9.55. The summed E-state index contributed by atoms with van der Waals surface area (Å²) in [4.78, 5) is 4.33. The van der Waals surface area contributed by atoms with Crippen LogP contribution in [-0.2, 0) is 6.61 Å². The molecule has 0 spiro atoms. The minimum absolute atomic E-state index is 0.214. The van der Waals surface area contributed by atoms with Gasteiger partial charge in [-0.3, -0.25) is 0 Å². The summed E-state index contributed by atoms with van der Waals surface area (Å²) in [5.74, 6) is 2.83. The molecule has 1 heterocycles. The first-order valence-electron chi connectivity index (χ1n) is 6.95. The molecule has 0 fully saturated rings. The second-order valence-corrected chi connectivity index (χ2v) is 6.30. The molecule has 0 amide bonds. The molecular formula is C15H20N2O3S. The van der Waals surface area contributed by atoms with E-state index in [0.717, 1.165) is 11.3 Å². The first-order valence-corrected chi connectivity index (χ1v) is 8.00. The molecule has 0 radical (unpaired) electrons. The van der Waals surface area contributed by atoms with Crippen LogP contribution in [-0.4, -0.2) is 21.0 Å². The van der Waals surface area contributed by atoms with Gasteiger partial charge in [-0.25, -0.2) is 0 Å². The Balaban J connectivity index is 1.95. The van der Waals surface area contributed by atoms with E-state index in [1.165, 1.54) is 0 Å². The largest absolute Gasteiger partial charge is 0.484 e. The second-order valence-electron chi connectivity index (χ2n) is 4.68. The lowest BCUT2D eigenvalue weighted by Gasteiger charge is -2.07. The standard InChI is InChI=1S/C15H20N2O3S/c1-4-21-11(3)15-16-14(20-17-15)9-19-13-7-5-6-12(8-13)10(2)18/h5-8,10-11,18H,4,9H2,1-3H3. The van der Waals surface area contributed by atoms with Crippen LogP contribution in [0.4, 0.5) is 0 Å². The van der Waals surface area contributed by atoms with Gasteiger partial charge in [0, 0.05) is 0 Å². The van der Waals surface area contributed by atoms with Crippen LogP contribution < -0.4 is 4.74 Å². The number of aliphatic hydroxyl groups is 1. The fraction of sp³-hybridized carbons (Fsp3) is 0.467.